The fourth-order valence-electron chi connectivity index (χ4n) is 2.65. The number of likely N-dealkylation sites (N-methyl/N-ethyl adjacent to an activating group) is 2. The number of carbonyl (C=O) groups is 2. The summed E-state index contributed by atoms with van der Waals surface area (Å²) in [5.41, 5.74) is 1.21. The van der Waals surface area contributed by atoms with Crippen LogP contribution in [0.4, 0.5) is 5.82 Å². The number of amides is 2. The lowest BCUT2D eigenvalue weighted by Crippen LogP contribution is -2.39. The molecule has 6 heteroatoms. The van der Waals surface area contributed by atoms with Gasteiger partial charge in [-0.3, -0.25) is 14.5 Å². The van der Waals surface area contributed by atoms with E-state index in [1.54, 1.807) is 32.0 Å². The van der Waals surface area contributed by atoms with Crippen LogP contribution in [0.3, 0.4) is 0 Å². The molecule has 1 aliphatic heterocycles. The number of anilines is 1. The van der Waals surface area contributed by atoms with Crippen molar-refractivity contribution < 1.29 is 9.59 Å². The lowest BCUT2D eigenvalue weighted by atomic mass is 10.0. The summed E-state index contributed by atoms with van der Waals surface area (Å²) in [6, 6.07) is 8.66. The number of hydrogen-bond donors (Lipinski definition) is 0. The Labute approximate surface area is 122 Å². The highest BCUT2D eigenvalue weighted by atomic mass is 16.2. The van der Waals surface area contributed by atoms with E-state index in [4.69, 9.17) is 0 Å². The van der Waals surface area contributed by atoms with Crippen LogP contribution >= 0.6 is 0 Å². The summed E-state index contributed by atoms with van der Waals surface area (Å²) in [5.74, 6) is 0.0174. The predicted octanol–water partition coefficient (Wildman–Crippen LogP) is 1.21. The first-order valence-electron chi connectivity index (χ1n) is 6.63. The second kappa shape index (κ2) is 4.73. The monoisotopic (exact) mass is 284 g/mol. The Kier molecular flexibility index (Phi) is 3.01. The van der Waals surface area contributed by atoms with Gasteiger partial charge in [0.1, 0.15) is 6.04 Å². The first-order chi connectivity index (χ1) is 10.0. The van der Waals surface area contributed by atoms with Crippen LogP contribution in [0.15, 0.2) is 36.7 Å². The molecule has 1 atom stereocenters. The third kappa shape index (κ3) is 1.91. The van der Waals surface area contributed by atoms with E-state index in [1.165, 1.54) is 9.80 Å². The highest BCUT2D eigenvalue weighted by molar-refractivity contribution is 6.09. The van der Waals surface area contributed by atoms with Crippen LogP contribution in [-0.2, 0) is 11.8 Å². The van der Waals surface area contributed by atoms with Crippen molar-refractivity contribution in [2.75, 3.05) is 19.0 Å². The van der Waals surface area contributed by atoms with Gasteiger partial charge < -0.3 is 9.47 Å². The van der Waals surface area contributed by atoms with E-state index in [-0.39, 0.29) is 11.8 Å². The molecule has 2 aromatic rings. The molecule has 6 nitrogen and oxygen atoms in total. The Morgan fingerprint density at radius 3 is 2.38 bits per heavy atom. The molecule has 2 amide bonds. The quantitative estimate of drug-likeness (QED) is 0.791. The number of hydrogen-bond acceptors (Lipinski definition) is 3. The van der Waals surface area contributed by atoms with Crippen molar-refractivity contribution in [1.82, 2.24) is 14.5 Å². The SMILES string of the molecule is CN1C(=O)C(c2ccccc2)N(C)C(=O)c2c1ncn2C. The van der Waals surface area contributed by atoms with E-state index >= 15 is 0 Å². The summed E-state index contributed by atoms with van der Waals surface area (Å²) in [5, 5.41) is 0. The van der Waals surface area contributed by atoms with Crippen LogP contribution in [0.25, 0.3) is 0 Å². The minimum atomic E-state index is -0.641. The number of nitrogens with zero attached hydrogens (tertiary/aromatic N) is 4. The number of imidazole rings is 1. The zero-order valence-electron chi connectivity index (χ0n) is 12.1. The highest BCUT2D eigenvalue weighted by Crippen LogP contribution is 2.31. The molecule has 0 bridgehead atoms. The van der Waals surface area contributed by atoms with Crippen LogP contribution < -0.4 is 4.90 Å². The summed E-state index contributed by atoms with van der Waals surface area (Å²) < 4.78 is 1.64. The standard InChI is InChI=1S/C15H16N4O2/c1-17-9-16-13-12(17)15(21)18(2)11(14(20)19(13)3)10-7-5-4-6-8-10/h4-9,11H,1-3H3. The minimum Gasteiger partial charge on any atom is -0.328 e. The predicted molar refractivity (Wildman–Crippen MR) is 77.9 cm³/mol. The van der Waals surface area contributed by atoms with Crippen molar-refractivity contribution in [3.8, 4) is 0 Å². The second-order valence-electron chi connectivity index (χ2n) is 5.15. The molecule has 0 N–H and O–H groups in total. The molecule has 3 rings (SSSR count). The van der Waals surface area contributed by atoms with Gasteiger partial charge in [0, 0.05) is 21.1 Å². The van der Waals surface area contributed by atoms with E-state index in [2.05, 4.69) is 4.98 Å². The molecule has 1 aromatic carbocycles. The fourth-order valence-corrected chi connectivity index (χ4v) is 2.65. The summed E-state index contributed by atoms with van der Waals surface area (Å²) >= 11 is 0. The Morgan fingerprint density at radius 2 is 1.71 bits per heavy atom. The van der Waals surface area contributed by atoms with Crippen molar-refractivity contribution in [2.24, 2.45) is 7.05 Å². The van der Waals surface area contributed by atoms with Crippen LogP contribution in [0, 0.1) is 0 Å². The summed E-state index contributed by atoms with van der Waals surface area (Å²) in [6.07, 6.45) is 1.54. The average molecular weight is 284 g/mol. The number of carbonyl (C=O) groups excluding carboxylic acids is 2. The van der Waals surface area contributed by atoms with E-state index in [9.17, 15) is 9.59 Å². The summed E-state index contributed by atoms with van der Waals surface area (Å²) in [7, 11) is 5.04. The highest BCUT2D eigenvalue weighted by Gasteiger charge is 2.39. The van der Waals surface area contributed by atoms with Gasteiger partial charge in [-0.15, -0.1) is 0 Å². The molecular weight excluding hydrogens is 268 g/mol. The molecule has 0 radical (unpaired) electrons. The molecule has 1 unspecified atom stereocenters. The van der Waals surface area contributed by atoms with E-state index in [0.29, 0.717) is 11.5 Å². The van der Waals surface area contributed by atoms with E-state index in [1.807, 2.05) is 30.3 Å². The lowest BCUT2D eigenvalue weighted by molar-refractivity contribution is -0.122. The number of rotatable bonds is 1. The van der Waals surface area contributed by atoms with Gasteiger partial charge in [0.25, 0.3) is 11.8 Å². The third-order valence-corrected chi connectivity index (χ3v) is 3.83. The molecule has 2 heterocycles. The number of fused-ring (bicyclic) bond motifs is 1. The van der Waals surface area contributed by atoms with Crippen molar-refractivity contribution in [3.05, 3.63) is 47.9 Å². The zero-order valence-corrected chi connectivity index (χ0v) is 12.1. The van der Waals surface area contributed by atoms with Crippen LogP contribution in [-0.4, -0.2) is 40.4 Å². The van der Waals surface area contributed by atoms with Crippen LogP contribution in [0.1, 0.15) is 22.1 Å². The van der Waals surface area contributed by atoms with Gasteiger partial charge in [-0.25, -0.2) is 4.98 Å². The maximum absolute atomic E-state index is 12.8. The molecule has 0 fully saturated rings. The summed E-state index contributed by atoms with van der Waals surface area (Å²) in [4.78, 5) is 32.5. The number of aryl methyl sites for hydroxylation is 1. The zero-order chi connectivity index (χ0) is 15.1. The molecule has 0 aliphatic carbocycles. The van der Waals surface area contributed by atoms with Crippen molar-refractivity contribution in [1.29, 1.82) is 0 Å². The summed E-state index contributed by atoms with van der Waals surface area (Å²) in [6.45, 7) is 0. The minimum absolute atomic E-state index is 0.172. The number of benzene rings is 1. The molecule has 0 saturated carbocycles. The van der Waals surface area contributed by atoms with Gasteiger partial charge in [-0.2, -0.15) is 0 Å². The Balaban J connectivity index is 2.15. The maximum Gasteiger partial charge on any atom is 0.275 e. The largest absolute Gasteiger partial charge is 0.328 e. The first kappa shape index (κ1) is 13.4. The van der Waals surface area contributed by atoms with Gasteiger partial charge in [-0.05, 0) is 5.56 Å². The van der Waals surface area contributed by atoms with Gasteiger partial charge in [0.2, 0.25) is 0 Å². The molecule has 1 aliphatic rings. The fraction of sp³-hybridized carbons (Fsp3) is 0.267. The van der Waals surface area contributed by atoms with Gasteiger partial charge in [0.15, 0.2) is 11.5 Å². The molecular formula is C15H16N4O2. The maximum atomic E-state index is 12.8. The Bertz CT molecular complexity index is 708. The molecule has 1 aromatic heterocycles. The molecule has 108 valence electrons. The lowest BCUT2D eigenvalue weighted by Gasteiger charge is -2.26. The third-order valence-electron chi connectivity index (χ3n) is 3.83. The smallest absolute Gasteiger partial charge is 0.275 e. The van der Waals surface area contributed by atoms with Gasteiger partial charge in [-0.1, -0.05) is 30.3 Å². The Morgan fingerprint density at radius 1 is 1.05 bits per heavy atom. The second-order valence-corrected chi connectivity index (χ2v) is 5.15. The average Bonchev–Trinajstić information content (AvgIpc) is 2.85. The van der Waals surface area contributed by atoms with Gasteiger partial charge >= 0.3 is 0 Å². The van der Waals surface area contributed by atoms with Crippen molar-refractivity contribution in [3.63, 3.8) is 0 Å². The molecule has 21 heavy (non-hydrogen) atoms. The van der Waals surface area contributed by atoms with E-state index in [0.717, 1.165) is 5.56 Å². The topological polar surface area (TPSA) is 58.4 Å². The Hall–Kier alpha value is -2.63. The van der Waals surface area contributed by atoms with E-state index < -0.39 is 6.04 Å². The molecule has 0 saturated heterocycles. The van der Waals surface area contributed by atoms with Crippen molar-refractivity contribution in [2.45, 2.75) is 6.04 Å². The normalized spacial score (nSPS) is 18.7. The van der Waals surface area contributed by atoms with Crippen molar-refractivity contribution >= 4 is 17.6 Å². The van der Waals surface area contributed by atoms with Crippen LogP contribution in [0.5, 0.6) is 0 Å². The first-order valence-corrected chi connectivity index (χ1v) is 6.63. The van der Waals surface area contributed by atoms with Crippen LogP contribution in [0.2, 0.25) is 0 Å². The van der Waals surface area contributed by atoms with Gasteiger partial charge in [0.05, 0.1) is 6.33 Å². The number of aromatic nitrogens is 2. The molecule has 0 spiro atoms.